The van der Waals surface area contributed by atoms with E-state index >= 15 is 0 Å². The normalized spacial score (nSPS) is 12.4. The number of alkyl halides is 3. The van der Waals surface area contributed by atoms with E-state index in [4.69, 9.17) is 0 Å². The van der Waals surface area contributed by atoms with Gasteiger partial charge in [0.15, 0.2) is 4.90 Å². The maximum atomic E-state index is 12.3. The van der Waals surface area contributed by atoms with Gasteiger partial charge in [-0.1, -0.05) is 26.7 Å². The molecule has 0 spiro atoms. The summed E-state index contributed by atoms with van der Waals surface area (Å²) in [5.41, 5.74) is -5.86. The summed E-state index contributed by atoms with van der Waals surface area (Å²) in [6, 6.07) is 6.00. The van der Waals surface area contributed by atoms with Crippen molar-refractivity contribution in [2.24, 2.45) is 0 Å². The quantitative estimate of drug-likeness (QED) is 0.215. The zero-order valence-corrected chi connectivity index (χ0v) is 17.2. The number of carbonyl (C=O) groups is 1. The zero-order chi connectivity index (χ0) is 20.5. The maximum Gasteiger partial charge on any atom is 0.534 e. The third-order valence-corrected chi connectivity index (χ3v) is 7.32. The largest absolute Gasteiger partial charge is 0.534 e. The molecule has 0 atom stereocenters. The summed E-state index contributed by atoms with van der Waals surface area (Å²) in [7, 11) is -5.95. The van der Waals surface area contributed by atoms with Gasteiger partial charge in [0.25, 0.3) is 0 Å². The second kappa shape index (κ2) is 10.9. The van der Waals surface area contributed by atoms with Crippen LogP contribution in [-0.4, -0.2) is 31.4 Å². The van der Waals surface area contributed by atoms with Gasteiger partial charge in [0.1, 0.15) is 11.5 Å². The molecule has 9 heteroatoms. The fourth-order valence-electron chi connectivity index (χ4n) is 2.37. The molecule has 0 aliphatic heterocycles. The van der Waals surface area contributed by atoms with E-state index in [9.17, 15) is 26.4 Å². The van der Waals surface area contributed by atoms with Gasteiger partial charge in [0.05, 0.1) is 5.56 Å². The minimum Gasteiger partial charge on any atom is -0.335 e. The van der Waals surface area contributed by atoms with Crippen LogP contribution in [0.25, 0.3) is 0 Å². The summed E-state index contributed by atoms with van der Waals surface area (Å²) in [5, 5.41) is 0. The molecule has 0 radical (unpaired) electrons. The van der Waals surface area contributed by atoms with E-state index in [1.165, 1.54) is 12.1 Å². The summed E-state index contributed by atoms with van der Waals surface area (Å²) >= 11 is 0. The minimum atomic E-state index is -5.95. The number of rotatable bonds is 11. The van der Waals surface area contributed by atoms with Crippen LogP contribution in [0, 0.1) is 0 Å². The highest BCUT2D eigenvalue weighted by atomic mass is 32.2. The Kier molecular flexibility index (Phi) is 9.66. The van der Waals surface area contributed by atoms with Crippen LogP contribution in [0.5, 0.6) is 0 Å². The predicted molar refractivity (Wildman–Crippen MR) is 101 cm³/mol. The standard InChI is InChI=1S/C18H26F3O4S2/c1-3-5-7-13-26(14-8-6-4-2)16-11-9-15(10-12-16)17(22)25-27(23,24)18(19,20)21/h9-12H,3-8,13-14H2,1-2H3/q+1. The van der Waals surface area contributed by atoms with Crippen molar-refractivity contribution in [1.82, 2.24) is 0 Å². The summed E-state index contributed by atoms with van der Waals surface area (Å²) in [6.45, 7) is 4.26. The maximum absolute atomic E-state index is 12.3. The van der Waals surface area contributed by atoms with E-state index < -0.39 is 21.6 Å². The predicted octanol–water partition coefficient (Wildman–Crippen LogP) is 5.05. The van der Waals surface area contributed by atoms with E-state index in [-0.39, 0.29) is 16.5 Å². The monoisotopic (exact) mass is 427 g/mol. The summed E-state index contributed by atoms with van der Waals surface area (Å²) in [5.74, 6) is 0.531. The molecule has 0 saturated heterocycles. The molecule has 0 saturated carbocycles. The van der Waals surface area contributed by atoms with Crippen LogP contribution >= 0.6 is 0 Å². The van der Waals surface area contributed by atoms with E-state index in [0.717, 1.165) is 54.9 Å². The van der Waals surface area contributed by atoms with Gasteiger partial charge in [-0.15, -0.1) is 0 Å². The number of unbranched alkanes of at least 4 members (excludes halogenated alkanes) is 4. The lowest BCUT2D eigenvalue weighted by Gasteiger charge is -2.10. The van der Waals surface area contributed by atoms with Crippen LogP contribution in [0.4, 0.5) is 13.2 Å². The Bertz CT molecular complexity index is 676. The molecule has 0 unspecified atom stereocenters. The molecule has 27 heavy (non-hydrogen) atoms. The van der Waals surface area contributed by atoms with Crippen LogP contribution in [0.1, 0.15) is 62.7 Å². The molecule has 0 amide bonds. The van der Waals surface area contributed by atoms with Crippen molar-refractivity contribution in [3.8, 4) is 0 Å². The van der Waals surface area contributed by atoms with Crippen LogP contribution in [0.3, 0.4) is 0 Å². The van der Waals surface area contributed by atoms with Crippen LogP contribution in [0.2, 0.25) is 0 Å². The average Bonchev–Trinajstić information content (AvgIpc) is 2.59. The average molecular weight is 428 g/mol. The SMILES string of the molecule is CCCCC[S+](CCCCC)c1ccc(C(=O)OS(=O)(=O)C(F)(F)F)cc1. The molecule has 1 aromatic carbocycles. The summed E-state index contributed by atoms with van der Waals surface area (Å²) < 4.78 is 62.5. The molecule has 154 valence electrons. The van der Waals surface area contributed by atoms with E-state index in [2.05, 4.69) is 18.0 Å². The number of benzene rings is 1. The van der Waals surface area contributed by atoms with Crippen molar-refractivity contribution < 1.29 is 30.6 Å². The lowest BCUT2D eigenvalue weighted by molar-refractivity contribution is -0.0525. The first kappa shape index (κ1) is 23.8. The van der Waals surface area contributed by atoms with Crippen molar-refractivity contribution in [2.75, 3.05) is 11.5 Å². The minimum absolute atomic E-state index is 0.00419. The van der Waals surface area contributed by atoms with Gasteiger partial charge in [0, 0.05) is 10.9 Å². The first-order chi connectivity index (χ1) is 12.6. The van der Waals surface area contributed by atoms with Crippen molar-refractivity contribution in [2.45, 2.75) is 62.8 Å². The number of halogens is 3. The molecule has 0 aromatic heterocycles. The fraction of sp³-hybridized carbons (Fsp3) is 0.611. The van der Waals surface area contributed by atoms with Gasteiger partial charge in [0.2, 0.25) is 0 Å². The molecular formula is C18H26F3O4S2+. The van der Waals surface area contributed by atoms with Crippen molar-refractivity contribution in [3.63, 3.8) is 0 Å². The summed E-state index contributed by atoms with van der Waals surface area (Å²) in [4.78, 5) is 12.7. The lowest BCUT2D eigenvalue weighted by Crippen LogP contribution is -2.28. The van der Waals surface area contributed by atoms with Crippen molar-refractivity contribution in [3.05, 3.63) is 29.8 Å². The van der Waals surface area contributed by atoms with Gasteiger partial charge < -0.3 is 4.18 Å². The van der Waals surface area contributed by atoms with Gasteiger partial charge >= 0.3 is 21.6 Å². The van der Waals surface area contributed by atoms with E-state index in [1.807, 2.05) is 0 Å². The number of carbonyl (C=O) groups excluding carboxylic acids is 1. The third-order valence-electron chi connectivity index (χ3n) is 3.88. The Labute approximate surface area is 162 Å². The highest BCUT2D eigenvalue weighted by Gasteiger charge is 2.49. The first-order valence-corrected chi connectivity index (χ1v) is 11.9. The Balaban J connectivity index is 2.84. The smallest absolute Gasteiger partial charge is 0.335 e. The molecule has 0 aliphatic rings. The Morgan fingerprint density at radius 1 is 0.963 bits per heavy atom. The molecule has 1 rings (SSSR count). The lowest BCUT2D eigenvalue weighted by atomic mass is 10.2. The first-order valence-electron chi connectivity index (χ1n) is 8.95. The van der Waals surface area contributed by atoms with Crippen molar-refractivity contribution in [1.29, 1.82) is 0 Å². The number of hydrogen-bond donors (Lipinski definition) is 0. The summed E-state index contributed by atoms with van der Waals surface area (Å²) in [6.07, 6.45) is 6.70. The highest BCUT2D eigenvalue weighted by molar-refractivity contribution is 7.96. The molecule has 0 bridgehead atoms. The van der Waals surface area contributed by atoms with Crippen LogP contribution < -0.4 is 0 Å². The van der Waals surface area contributed by atoms with E-state index in [0.29, 0.717) is 0 Å². The molecule has 0 heterocycles. The van der Waals surface area contributed by atoms with Gasteiger partial charge in [-0.05, 0) is 49.9 Å². The topological polar surface area (TPSA) is 60.4 Å². The highest BCUT2D eigenvalue weighted by Crippen LogP contribution is 2.26. The van der Waals surface area contributed by atoms with Gasteiger partial charge in [-0.2, -0.15) is 21.6 Å². The Morgan fingerprint density at radius 2 is 1.44 bits per heavy atom. The molecule has 0 N–H and O–H groups in total. The second-order valence-electron chi connectivity index (χ2n) is 6.11. The Hall–Kier alpha value is -1.22. The fourth-order valence-corrected chi connectivity index (χ4v) is 5.06. The zero-order valence-electron chi connectivity index (χ0n) is 15.5. The van der Waals surface area contributed by atoms with Crippen molar-refractivity contribution >= 4 is 27.0 Å². The molecular weight excluding hydrogens is 401 g/mol. The van der Waals surface area contributed by atoms with E-state index in [1.54, 1.807) is 12.1 Å². The molecule has 4 nitrogen and oxygen atoms in total. The second-order valence-corrected chi connectivity index (χ2v) is 9.92. The third kappa shape index (κ3) is 7.73. The van der Waals surface area contributed by atoms with Crippen LogP contribution in [-0.2, 0) is 25.2 Å². The van der Waals surface area contributed by atoms with Crippen LogP contribution in [0.15, 0.2) is 29.2 Å². The molecule has 0 fully saturated rings. The van der Waals surface area contributed by atoms with Gasteiger partial charge in [-0.25, -0.2) is 4.79 Å². The van der Waals surface area contributed by atoms with Gasteiger partial charge in [-0.3, -0.25) is 0 Å². The molecule has 0 aliphatic carbocycles. The number of hydrogen-bond acceptors (Lipinski definition) is 4. The molecule has 1 aromatic rings. The Morgan fingerprint density at radius 3 is 1.85 bits per heavy atom.